The van der Waals surface area contributed by atoms with Crippen molar-refractivity contribution in [1.82, 2.24) is 19.9 Å². The Balaban J connectivity index is 1.39. The van der Waals surface area contributed by atoms with Crippen LogP contribution in [0.3, 0.4) is 0 Å². The predicted octanol–water partition coefficient (Wildman–Crippen LogP) is 4.15. The Morgan fingerprint density at radius 2 is 1.93 bits per heavy atom. The molecule has 0 saturated carbocycles. The van der Waals surface area contributed by atoms with Gasteiger partial charge in [-0.15, -0.1) is 0 Å². The molecular formula is C22H26N4O3. The Hall–Kier alpha value is -2.93. The Kier molecular flexibility index (Phi) is 5.76. The lowest BCUT2D eigenvalue weighted by Crippen LogP contribution is -2.32. The summed E-state index contributed by atoms with van der Waals surface area (Å²) in [6.45, 7) is 4.61. The van der Waals surface area contributed by atoms with E-state index in [1.54, 1.807) is 30.4 Å². The lowest BCUT2D eigenvalue weighted by molar-refractivity contribution is 0.0732. The fraction of sp³-hybridized carbons (Fsp3) is 0.409. The lowest BCUT2D eigenvalue weighted by Gasteiger charge is -2.31. The van der Waals surface area contributed by atoms with E-state index in [0.29, 0.717) is 18.1 Å². The molecule has 0 spiro atoms. The number of carbonyl (C=O) groups is 1. The first kappa shape index (κ1) is 19.4. The first-order valence-corrected chi connectivity index (χ1v) is 10.1. The number of pyridine rings is 1. The van der Waals surface area contributed by atoms with Crippen molar-refractivity contribution in [1.29, 1.82) is 0 Å². The van der Waals surface area contributed by atoms with Gasteiger partial charge >= 0.3 is 0 Å². The number of hydrogen-bond acceptors (Lipinski definition) is 6. The van der Waals surface area contributed by atoms with Gasteiger partial charge in [0.2, 0.25) is 0 Å². The van der Waals surface area contributed by atoms with E-state index in [1.807, 2.05) is 24.3 Å². The molecule has 1 unspecified atom stereocenters. The summed E-state index contributed by atoms with van der Waals surface area (Å²) in [4.78, 5) is 20.8. The van der Waals surface area contributed by atoms with E-state index in [4.69, 9.17) is 8.94 Å². The van der Waals surface area contributed by atoms with Gasteiger partial charge in [0.15, 0.2) is 11.5 Å². The van der Waals surface area contributed by atoms with Crippen LogP contribution in [0.1, 0.15) is 54.3 Å². The Bertz CT molecular complexity index is 944. The van der Waals surface area contributed by atoms with Gasteiger partial charge < -0.3 is 13.8 Å². The zero-order chi connectivity index (χ0) is 20.2. The number of nitrogens with zero attached hydrogens (tertiary/aromatic N) is 4. The van der Waals surface area contributed by atoms with Crippen molar-refractivity contribution in [2.24, 2.45) is 0 Å². The van der Waals surface area contributed by atoms with Gasteiger partial charge in [-0.1, -0.05) is 11.6 Å². The zero-order valence-corrected chi connectivity index (χ0v) is 16.9. The average Bonchev–Trinajstić information content (AvgIpc) is 3.44. The molecule has 4 heterocycles. The minimum Gasteiger partial charge on any atom is -0.454 e. The highest BCUT2D eigenvalue weighted by atomic mass is 16.5. The van der Waals surface area contributed by atoms with E-state index < -0.39 is 0 Å². The van der Waals surface area contributed by atoms with Crippen LogP contribution in [0.4, 0.5) is 0 Å². The molecule has 1 saturated heterocycles. The highest BCUT2D eigenvalue weighted by molar-refractivity contribution is 5.91. The molecule has 1 aliphatic rings. The molecule has 3 aromatic rings. The molecule has 7 nitrogen and oxygen atoms in total. The molecular weight excluding hydrogens is 368 g/mol. The third-order valence-electron chi connectivity index (χ3n) is 5.46. The van der Waals surface area contributed by atoms with Crippen LogP contribution in [0, 0.1) is 0 Å². The third-order valence-corrected chi connectivity index (χ3v) is 5.46. The van der Waals surface area contributed by atoms with Crippen molar-refractivity contribution in [2.75, 3.05) is 20.1 Å². The number of amides is 1. The van der Waals surface area contributed by atoms with Crippen molar-refractivity contribution in [3.05, 3.63) is 60.0 Å². The highest BCUT2D eigenvalue weighted by Gasteiger charge is 2.23. The van der Waals surface area contributed by atoms with E-state index in [2.05, 4.69) is 22.0 Å². The second kappa shape index (κ2) is 8.61. The number of furan rings is 1. The van der Waals surface area contributed by atoms with Crippen molar-refractivity contribution < 1.29 is 13.7 Å². The maximum Gasteiger partial charge on any atom is 0.289 e. The average molecular weight is 394 g/mol. The van der Waals surface area contributed by atoms with Gasteiger partial charge in [-0.2, -0.15) is 0 Å². The van der Waals surface area contributed by atoms with Crippen LogP contribution in [-0.2, 0) is 6.54 Å². The minimum atomic E-state index is -0.177. The molecule has 0 bridgehead atoms. The molecule has 3 aromatic heterocycles. The molecule has 0 radical (unpaired) electrons. The van der Waals surface area contributed by atoms with E-state index in [9.17, 15) is 4.79 Å². The van der Waals surface area contributed by atoms with Gasteiger partial charge in [0, 0.05) is 31.1 Å². The molecule has 1 fully saturated rings. The second-order valence-electron chi connectivity index (χ2n) is 7.55. The summed E-state index contributed by atoms with van der Waals surface area (Å²) >= 11 is 0. The van der Waals surface area contributed by atoms with Gasteiger partial charge in [-0.05, 0) is 57.1 Å². The first-order chi connectivity index (χ1) is 14.1. The Morgan fingerprint density at radius 1 is 1.17 bits per heavy atom. The van der Waals surface area contributed by atoms with Gasteiger partial charge in [0.05, 0.1) is 12.6 Å². The maximum absolute atomic E-state index is 12.8. The molecule has 1 atom stereocenters. The molecule has 7 heteroatoms. The molecule has 0 N–H and O–H groups in total. The van der Waals surface area contributed by atoms with E-state index in [0.717, 1.165) is 30.1 Å². The fourth-order valence-corrected chi connectivity index (χ4v) is 3.72. The standard InChI is InChI=1S/C22H26N4O3/c1-16(26-12-4-3-5-13-26)20-6-7-21(28-20)22(27)25(2)15-18-14-19(24-29-18)17-8-10-23-11-9-17/h6-11,14,16H,3-5,12-13,15H2,1-2H3. The monoisotopic (exact) mass is 394 g/mol. The number of aromatic nitrogens is 2. The van der Waals surface area contributed by atoms with Crippen molar-refractivity contribution >= 4 is 5.91 Å². The normalized spacial score (nSPS) is 15.9. The molecule has 4 rings (SSSR count). The van der Waals surface area contributed by atoms with E-state index in [1.165, 1.54) is 19.3 Å². The summed E-state index contributed by atoms with van der Waals surface area (Å²) in [5.74, 6) is 1.62. The van der Waals surface area contributed by atoms with Gasteiger partial charge in [-0.3, -0.25) is 14.7 Å². The first-order valence-electron chi connectivity index (χ1n) is 10.1. The van der Waals surface area contributed by atoms with Crippen LogP contribution in [0.5, 0.6) is 0 Å². The highest BCUT2D eigenvalue weighted by Crippen LogP contribution is 2.26. The third kappa shape index (κ3) is 4.40. The largest absolute Gasteiger partial charge is 0.454 e. The molecule has 152 valence electrons. The van der Waals surface area contributed by atoms with Crippen LogP contribution in [-0.4, -0.2) is 46.0 Å². The summed E-state index contributed by atoms with van der Waals surface area (Å²) in [6, 6.07) is 9.42. The Morgan fingerprint density at radius 3 is 2.69 bits per heavy atom. The van der Waals surface area contributed by atoms with Crippen LogP contribution < -0.4 is 0 Å². The van der Waals surface area contributed by atoms with Gasteiger partial charge in [0.25, 0.3) is 5.91 Å². The lowest BCUT2D eigenvalue weighted by atomic mass is 10.1. The summed E-state index contributed by atoms with van der Waals surface area (Å²) in [7, 11) is 1.73. The topological polar surface area (TPSA) is 75.6 Å². The molecule has 1 aliphatic heterocycles. The molecule has 0 aliphatic carbocycles. The number of carbonyl (C=O) groups excluding carboxylic acids is 1. The van der Waals surface area contributed by atoms with E-state index >= 15 is 0 Å². The maximum atomic E-state index is 12.8. The number of rotatable bonds is 6. The summed E-state index contributed by atoms with van der Waals surface area (Å²) in [5.41, 5.74) is 1.64. The molecule has 0 aromatic carbocycles. The number of likely N-dealkylation sites (tertiary alicyclic amines) is 1. The second-order valence-corrected chi connectivity index (χ2v) is 7.55. The van der Waals surface area contributed by atoms with Crippen molar-refractivity contribution in [2.45, 2.75) is 38.8 Å². The summed E-state index contributed by atoms with van der Waals surface area (Å²) < 4.78 is 11.3. The van der Waals surface area contributed by atoms with Gasteiger partial charge in [-0.25, -0.2) is 0 Å². The quantitative estimate of drug-likeness (QED) is 0.625. The predicted molar refractivity (Wildman–Crippen MR) is 108 cm³/mol. The van der Waals surface area contributed by atoms with E-state index in [-0.39, 0.29) is 11.9 Å². The van der Waals surface area contributed by atoms with Gasteiger partial charge in [0.1, 0.15) is 11.5 Å². The molecule has 29 heavy (non-hydrogen) atoms. The minimum absolute atomic E-state index is 0.177. The zero-order valence-electron chi connectivity index (χ0n) is 16.9. The smallest absolute Gasteiger partial charge is 0.289 e. The number of piperidine rings is 1. The fourth-order valence-electron chi connectivity index (χ4n) is 3.72. The Labute approximate surface area is 170 Å². The van der Waals surface area contributed by atoms with Crippen LogP contribution >= 0.6 is 0 Å². The summed E-state index contributed by atoms with van der Waals surface area (Å²) in [5, 5.41) is 4.08. The number of hydrogen-bond donors (Lipinski definition) is 0. The van der Waals surface area contributed by atoms with Crippen LogP contribution in [0.25, 0.3) is 11.3 Å². The SMILES string of the molecule is CC(c1ccc(C(=O)N(C)Cc2cc(-c3ccncc3)no2)o1)N1CCCCC1. The van der Waals surface area contributed by atoms with Crippen molar-refractivity contribution in [3.63, 3.8) is 0 Å². The van der Waals surface area contributed by atoms with Crippen LogP contribution in [0.15, 0.2) is 51.7 Å². The van der Waals surface area contributed by atoms with Crippen LogP contribution in [0.2, 0.25) is 0 Å². The summed E-state index contributed by atoms with van der Waals surface area (Å²) in [6.07, 6.45) is 7.15. The molecule has 1 amide bonds. The van der Waals surface area contributed by atoms with Crippen molar-refractivity contribution in [3.8, 4) is 11.3 Å².